The second-order valence-corrected chi connectivity index (χ2v) is 14.3. The monoisotopic (exact) mass is 378 g/mol. The average molecular weight is 379 g/mol. The highest BCUT2D eigenvalue weighted by atomic mass is 32.2. The molecule has 0 amide bonds. The van der Waals surface area contributed by atoms with Crippen LogP contribution in [0.25, 0.3) is 0 Å². The predicted octanol–water partition coefficient (Wildman–Crippen LogP) is 1.90. The molecule has 0 N–H and O–H groups in total. The Bertz CT molecular complexity index is 595. The molecule has 1 heterocycles. The standard InChI is InChI=1S/C15H30N2O5SSi/c1-20-8-6-14-12-17(13-21-10-11-24(3,4)5)16-15(14)7-9-22-23(2,18)19/h12H,6-11,13H2,1-5H3. The average Bonchev–Trinajstić information content (AvgIpc) is 2.81. The van der Waals surface area contributed by atoms with Gasteiger partial charge in [0.2, 0.25) is 0 Å². The van der Waals surface area contributed by atoms with E-state index in [1.165, 1.54) is 0 Å². The Balaban J connectivity index is 2.59. The normalized spacial score (nSPS) is 12.7. The fraction of sp³-hybridized carbons (Fsp3) is 0.800. The smallest absolute Gasteiger partial charge is 0.264 e. The molecule has 0 radical (unpaired) electrons. The van der Waals surface area contributed by atoms with Gasteiger partial charge in [-0.25, -0.2) is 4.68 Å². The van der Waals surface area contributed by atoms with E-state index in [9.17, 15) is 8.42 Å². The Hall–Kier alpha value is -0.743. The molecule has 1 aromatic heterocycles. The summed E-state index contributed by atoms with van der Waals surface area (Å²) in [5.41, 5.74) is 1.85. The highest BCUT2D eigenvalue weighted by molar-refractivity contribution is 7.85. The van der Waals surface area contributed by atoms with Crippen molar-refractivity contribution in [2.45, 2.75) is 45.3 Å². The fourth-order valence-corrected chi connectivity index (χ4v) is 3.17. The van der Waals surface area contributed by atoms with E-state index in [0.717, 1.165) is 36.6 Å². The summed E-state index contributed by atoms with van der Waals surface area (Å²) in [6, 6.07) is 1.11. The van der Waals surface area contributed by atoms with E-state index in [0.29, 0.717) is 19.8 Å². The zero-order valence-corrected chi connectivity index (χ0v) is 17.2. The third-order valence-electron chi connectivity index (χ3n) is 3.36. The number of rotatable bonds is 12. The lowest BCUT2D eigenvalue weighted by atomic mass is 10.1. The molecule has 0 saturated heterocycles. The molecule has 0 atom stereocenters. The lowest BCUT2D eigenvalue weighted by Crippen LogP contribution is -2.22. The topological polar surface area (TPSA) is 79.7 Å². The van der Waals surface area contributed by atoms with Gasteiger partial charge in [-0.3, -0.25) is 4.18 Å². The molecule has 0 fully saturated rings. The van der Waals surface area contributed by atoms with Gasteiger partial charge in [-0.15, -0.1) is 0 Å². The second-order valence-electron chi connectivity index (χ2n) is 7.01. The van der Waals surface area contributed by atoms with Gasteiger partial charge < -0.3 is 9.47 Å². The van der Waals surface area contributed by atoms with E-state index in [2.05, 4.69) is 24.7 Å². The van der Waals surface area contributed by atoms with Crippen LogP contribution in [-0.2, 0) is 43.3 Å². The van der Waals surface area contributed by atoms with Gasteiger partial charge in [-0.1, -0.05) is 19.6 Å². The van der Waals surface area contributed by atoms with Crippen molar-refractivity contribution in [2.75, 3.05) is 33.2 Å². The van der Waals surface area contributed by atoms with Crippen LogP contribution in [0, 0.1) is 0 Å². The second kappa shape index (κ2) is 9.67. The number of hydrogen-bond donors (Lipinski definition) is 0. The van der Waals surface area contributed by atoms with Gasteiger partial charge >= 0.3 is 0 Å². The van der Waals surface area contributed by atoms with Gasteiger partial charge in [-0.2, -0.15) is 13.5 Å². The molecule has 1 aromatic rings. The minimum atomic E-state index is -3.43. The number of nitrogens with zero attached hydrogens (tertiary/aromatic N) is 2. The van der Waals surface area contributed by atoms with Crippen LogP contribution >= 0.6 is 0 Å². The minimum absolute atomic E-state index is 0.0896. The van der Waals surface area contributed by atoms with Crippen LogP contribution in [0.5, 0.6) is 0 Å². The molecule has 0 aliphatic carbocycles. The van der Waals surface area contributed by atoms with Crippen molar-refractivity contribution in [1.82, 2.24) is 9.78 Å². The minimum Gasteiger partial charge on any atom is -0.384 e. The maximum Gasteiger partial charge on any atom is 0.264 e. The van der Waals surface area contributed by atoms with E-state index in [-0.39, 0.29) is 6.61 Å². The van der Waals surface area contributed by atoms with Crippen LogP contribution in [0.1, 0.15) is 11.3 Å². The van der Waals surface area contributed by atoms with Crippen LogP contribution in [0.3, 0.4) is 0 Å². The van der Waals surface area contributed by atoms with Crippen LogP contribution < -0.4 is 0 Å². The highest BCUT2D eigenvalue weighted by Crippen LogP contribution is 2.11. The van der Waals surface area contributed by atoms with E-state index >= 15 is 0 Å². The maximum absolute atomic E-state index is 11.1. The molecule has 7 nitrogen and oxygen atoms in total. The molecular formula is C15H30N2O5SSi. The first-order valence-electron chi connectivity index (χ1n) is 8.07. The third-order valence-corrected chi connectivity index (χ3v) is 5.66. The van der Waals surface area contributed by atoms with Crippen molar-refractivity contribution in [3.8, 4) is 0 Å². The van der Waals surface area contributed by atoms with Crippen molar-refractivity contribution in [3.05, 3.63) is 17.5 Å². The molecule has 0 aliphatic rings. The maximum atomic E-state index is 11.1. The number of ether oxygens (including phenoxy) is 2. The van der Waals surface area contributed by atoms with Crippen molar-refractivity contribution >= 4 is 18.2 Å². The zero-order valence-electron chi connectivity index (χ0n) is 15.4. The Morgan fingerprint density at radius 1 is 1.17 bits per heavy atom. The van der Waals surface area contributed by atoms with Gasteiger partial charge in [0.05, 0.1) is 25.2 Å². The van der Waals surface area contributed by atoms with Crippen LogP contribution in [0.15, 0.2) is 6.20 Å². The Morgan fingerprint density at radius 3 is 2.46 bits per heavy atom. The van der Waals surface area contributed by atoms with Gasteiger partial charge in [0.1, 0.15) is 6.73 Å². The van der Waals surface area contributed by atoms with E-state index in [1.54, 1.807) is 11.8 Å². The molecule has 0 bridgehead atoms. The molecule has 1 rings (SSSR count). The van der Waals surface area contributed by atoms with E-state index < -0.39 is 18.2 Å². The number of methoxy groups -OCH3 is 1. The molecule has 0 aliphatic heterocycles. The third kappa shape index (κ3) is 9.53. The van der Waals surface area contributed by atoms with E-state index in [1.807, 2.05) is 6.20 Å². The summed E-state index contributed by atoms with van der Waals surface area (Å²) in [7, 11) is -2.88. The van der Waals surface area contributed by atoms with E-state index in [4.69, 9.17) is 13.7 Å². The summed E-state index contributed by atoms with van der Waals surface area (Å²) in [4.78, 5) is 0. The Kier molecular flexibility index (Phi) is 8.58. The van der Waals surface area contributed by atoms with Gasteiger partial charge in [0, 0.05) is 34.4 Å². The first-order valence-corrected chi connectivity index (χ1v) is 13.6. The summed E-state index contributed by atoms with van der Waals surface area (Å²) in [6.45, 7) is 8.74. The molecule has 24 heavy (non-hydrogen) atoms. The molecular weight excluding hydrogens is 348 g/mol. The van der Waals surface area contributed by atoms with Crippen molar-refractivity contribution in [2.24, 2.45) is 0 Å². The lowest BCUT2D eigenvalue weighted by molar-refractivity contribution is 0.0782. The number of aromatic nitrogens is 2. The van der Waals surface area contributed by atoms with Gasteiger partial charge in [-0.05, 0) is 18.0 Å². The van der Waals surface area contributed by atoms with Crippen molar-refractivity contribution < 1.29 is 22.1 Å². The fourth-order valence-electron chi connectivity index (χ4n) is 2.03. The van der Waals surface area contributed by atoms with Crippen LogP contribution in [0.2, 0.25) is 25.7 Å². The molecule has 140 valence electrons. The summed E-state index contributed by atoms with van der Waals surface area (Å²) in [5.74, 6) is 0. The van der Waals surface area contributed by atoms with Crippen molar-refractivity contribution in [3.63, 3.8) is 0 Å². The molecule has 0 saturated carbocycles. The SMILES string of the molecule is COCCc1cn(COCC[Si](C)(C)C)nc1CCOS(C)(=O)=O. The summed E-state index contributed by atoms with van der Waals surface area (Å²) in [6.07, 6.45) is 4.14. The van der Waals surface area contributed by atoms with Crippen molar-refractivity contribution in [1.29, 1.82) is 0 Å². The quantitative estimate of drug-likeness (QED) is 0.314. The molecule has 0 aromatic carbocycles. The molecule has 9 heteroatoms. The molecule has 0 spiro atoms. The highest BCUT2D eigenvalue weighted by Gasteiger charge is 2.13. The van der Waals surface area contributed by atoms with Gasteiger partial charge in [0.25, 0.3) is 10.1 Å². The van der Waals surface area contributed by atoms with Crippen LogP contribution in [0.4, 0.5) is 0 Å². The summed E-state index contributed by atoms with van der Waals surface area (Å²) in [5, 5.41) is 4.49. The zero-order chi connectivity index (χ0) is 18.2. The largest absolute Gasteiger partial charge is 0.384 e. The predicted molar refractivity (Wildman–Crippen MR) is 96.4 cm³/mol. The Labute approximate surface area is 146 Å². The summed E-state index contributed by atoms with van der Waals surface area (Å²) >= 11 is 0. The lowest BCUT2D eigenvalue weighted by Gasteiger charge is -2.15. The van der Waals surface area contributed by atoms with Gasteiger partial charge in [0.15, 0.2) is 0 Å². The number of hydrogen-bond acceptors (Lipinski definition) is 6. The summed E-state index contributed by atoms with van der Waals surface area (Å²) < 4.78 is 39.5. The first-order chi connectivity index (χ1) is 11.1. The first kappa shape index (κ1) is 21.3. The molecule has 0 unspecified atom stereocenters. The Morgan fingerprint density at radius 2 is 1.88 bits per heavy atom. The van der Waals surface area contributed by atoms with Crippen LogP contribution in [-0.4, -0.2) is 59.5 Å².